The molecule has 0 saturated carbocycles. The summed E-state index contributed by atoms with van der Waals surface area (Å²) in [6.45, 7) is 7.49. The quantitative estimate of drug-likeness (QED) is 0.863. The number of nitrogens with one attached hydrogen (secondary N) is 1. The average molecular weight is 381 g/mol. The lowest BCUT2D eigenvalue weighted by Gasteiger charge is -2.37. The Kier molecular flexibility index (Phi) is 4.51. The van der Waals surface area contributed by atoms with E-state index in [-0.39, 0.29) is 18.6 Å². The van der Waals surface area contributed by atoms with E-state index in [0.717, 1.165) is 0 Å². The van der Waals surface area contributed by atoms with Gasteiger partial charge in [-0.3, -0.25) is 4.79 Å². The molecule has 3 aliphatic rings. The Labute approximate surface area is 157 Å². The first-order valence-electron chi connectivity index (χ1n) is 9.04. The first-order chi connectivity index (χ1) is 12.6. The van der Waals surface area contributed by atoms with Gasteiger partial charge in [0.15, 0.2) is 17.9 Å². The SMILES string of the molecule is CC1(C)OC2OC(CNC(=O)c3ccc(F)cc3)C3OC(C)(C)OC3C2O1. The fourth-order valence-electron chi connectivity index (χ4n) is 3.75. The van der Waals surface area contributed by atoms with Crippen molar-refractivity contribution in [2.75, 3.05) is 6.54 Å². The van der Waals surface area contributed by atoms with Crippen molar-refractivity contribution in [3.8, 4) is 0 Å². The number of benzene rings is 1. The predicted molar refractivity (Wildman–Crippen MR) is 91.3 cm³/mol. The highest BCUT2D eigenvalue weighted by atomic mass is 19.1. The van der Waals surface area contributed by atoms with Gasteiger partial charge in [-0.1, -0.05) is 0 Å². The Morgan fingerprint density at radius 3 is 2.26 bits per heavy atom. The number of amides is 1. The summed E-state index contributed by atoms with van der Waals surface area (Å²) in [7, 11) is 0. The second-order valence-electron chi connectivity index (χ2n) is 7.92. The van der Waals surface area contributed by atoms with E-state index in [4.69, 9.17) is 23.7 Å². The molecule has 3 aliphatic heterocycles. The molecule has 3 heterocycles. The summed E-state index contributed by atoms with van der Waals surface area (Å²) >= 11 is 0. The third kappa shape index (κ3) is 3.72. The molecule has 1 N–H and O–H groups in total. The van der Waals surface area contributed by atoms with E-state index in [1.807, 2.05) is 27.7 Å². The Hall–Kier alpha value is -1.58. The lowest BCUT2D eigenvalue weighted by atomic mass is 9.99. The van der Waals surface area contributed by atoms with Gasteiger partial charge >= 0.3 is 0 Å². The van der Waals surface area contributed by atoms with Crippen LogP contribution in [-0.2, 0) is 23.7 Å². The van der Waals surface area contributed by atoms with Crippen molar-refractivity contribution in [2.45, 2.75) is 70.0 Å². The van der Waals surface area contributed by atoms with Gasteiger partial charge in [0.2, 0.25) is 0 Å². The van der Waals surface area contributed by atoms with Gasteiger partial charge in [0, 0.05) is 12.1 Å². The van der Waals surface area contributed by atoms with Crippen molar-refractivity contribution < 1.29 is 32.9 Å². The van der Waals surface area contributed by atoms with Crippen LogP contribution in [0.5, 0.6) is 0 Å². The molecule has 8 heteroatoms. The molecule has 148 valence electrons. The van der Waals surface area contributed by atoms with Crippen molar-refractivity contribution in [3.05, 3.63) is 35.6 Å². The smallest absolute Gasteiger partial charge is 0.251 e. The molecule has 27 heavy (non-hydrogen) atoms. The van der Waals surface area contributed by atoms with E-state index in [0.29, 0.717) is 5.56 Å². The summed E-state index contributed by atoms with van der Waals surface area (Å²) in [5.74, 6) is -2.29. The minimum Gasteiger partial charge on any atom is -0.349 e. The van der Waals surface area contributed by atoms with E-state index < -0.39 is 42.0 Å². The molecule has 0 spiro atoms. The van der Waals surface area contributed by atoms with Crippen molar-refractivity contribution in [1.29, 1.82) is 0 Å². The summed E-state index contributed by atoms with van der Waals surface area (Å²) in [5, 5.41) is 2.81. The largest absolute Gasteiger partial charge is 0.349 e. The lowest BCUT2D eigenvalue weighted by molar-refractivity contribution is -0.232. The molecule has 5 atom stereocenters. The van der Waals surface area contributed by atoms with E-state index in [2.05, 4.69) is 5.32 Å². The highest BCUT2D eigenvalue weighted by molar-refractivity contribution is 5.94. The van der Waals surface area contributed by atoms with Crippen LogP contribution in [0.25, 0.3) is 0 Å². The first kappa shape index (κ1) is 18.8. The number of ether oxygens (including phenoxy) is 5. The van der Waals surface area contributed by atoms with Crippen LogP contribution in [0.4, 0.5) is 4.39 Å². The van der Waals surface area contributed by atoms with Gasteiger partial charge in [0.05, 0.1) is 0 Å². The molecule has 0 radical (unpaired) electrons. The molecular formula is C19H24FNO6. The maximum absolute atomic E-state index is 13.0. The van der Waals surface area contributed by atoms with Gasteiger partial charge in [0.1, 0.15) is 30.2 Å². The Morgan fingerprint density at radius 2 is 1.56 bits per heavy atom. The Morgan fingerprint density at radius 1 is 0.963 bits per heavy atom. The summed E-state index contributed by atoms with van der Waals surface area (Å²) in [6, 6.07) is 5.35. The van der Waals surface area contributed by atoms with Gasteiger partial charge in [-0.2, -0.15) is 0 Å². The van der Waals surface area contributed by atoms with Crippen molar-refractivity contribution in [3.63, 3.8) is 0 Å². The molecule has 7 nitrogen and oxygen atoms in total. The van der Waals surface area contributed by atoms with Crippen LogP contribution in [-0.4, -0.2) is 54.7 Å². The fraction of sp³-hybridized carbons (Fsp3) is 0.632. The zero-order chi connectivity index (χ0) is 19.4. The molecule has 3 saturated heterocycles. The molecule has 1 aromatic rings. The monoisotopic (exact) mass is 381 g/mol. The minimum absolute atomic E-state index is 0.198. The van der Waals surface area contributed by atoms with Crippen LogP contribution >= 0.6 is 0 Å². The van der Waals surface area contributed by atoms with Crippen molar-refractivity contribution >= 4 is 5.91 Å². The summed E-state index contributed by atoms with van der Waals surface area (Å²) in [4.78, 5) is 12.3. The van der Waals surface area contributed by atoms with E-state index >= 15 is 0 Å². The van der Waals surface area contributed by atoms with Gasteiger partial charge in [-0.05, 0) is 52.0 Å². The molecule has 1 amide bonds. The Bertz CT molecular complexity index is 721. The van der Waals surface area contributed by atoms with Crippen LogP contribution in [0.3, 0.4) is 0 Å². The Balaban J connectivity index is 1.47. The average Bonchev–Trinajstić information content (AvgIpc) is 3.07. The number of hydrogen-bond acceptors (Lipinski definition) is 6. The first-order valence-corrected chi connectivity index (χ1v) is 9.04. The van der Waals surface area contributed by atoms with Crippen LogP contribution < -0.4 is 5.32 Å². The zero-order valence-corrected chi connectivity index (χ0v) is 15.7. The summed E-state index contributed by atoms with van der Waals surface area (Å²) < 4.78 is 42.9. The van der Waals surface area contributed by atoms with E-state index in [9.17, 15) is 9.18 Å². The standard InChI is InChI=1S/C19H24FNO6/c1-18(2)24-13-12(9-21-16(22)10-5-7-11(20)8-6-10)23-17-15(14(13)25-18)26-19(3,4)27-17/h5-8,12-15,17H,9H2,1-4H3,(H,21,22). The molecule has 3 fully saturated rings. The normalized spacial score (nSPS) is 36.1. The minimum atomic E-state index is -0.789. The molecule has 1 aromatic carbocycles. The third-order valence-corrected chi connectivity index (χ3v) is 4.82. The predicted octanol–water partition coefficient (Wildman–Crippen LogP) is 1.95. The molecule has 0 aliphatic carbocycles. The van der Waals surface area contributed by atoms with Gasteiger partial charge in [0.25, 0.3) is 5.91 Å². The fourth-order valence-corrected chi connectivity index (χ4v) is 3.75. The number of carbonyl (C=O) groups excluding carboxylic acids is 1. The zero-order valence-electron chi connectivity index (χ0n) is 15.7. The second-order valence-corrected chi connectivity index (χ2v) is 7.92. The molecule has 0 bridgehead atoms. The highest BCUT2D eigenvalue weighted by Crippen LogP contribution is 2.43. The topological polar surface area (TPSA) is 75.3 Å². The number of carbonyl (C=O) groups is 1. The van der Waals surface area contributed by atoms with Gasteiger partial charge in [-0.15, -0.1) is 0 Å². The number of fused-ring (bicyclic) bond motifs is 3. The van der Waals surface area contributed by atoms with Gasteiger partial charge < -0.3 is 29.0 Å². The summed E-state index contributed by atoms with van der Waals surface area (Å²) in [5.41, 5.74) is 0.368. The summed E-state index contributed by atoms with van der Waals surface area (Å²) in [6.07, 6.45) is -2.26. The number of halogens is 1. The molecule has 5 unspecified atom stereocenters. The van der Waals surface area contributed by atoms with Crippen LogP contribution in [0.2, 0.25) is 0 Å². The number of rotatable bonds is 3. The van der Waals surface area contributed by atoms with Crippen molar-refractivity contribution in [2.24, 2.45) is 0 Å². The van der Waals surface area contributed by atoms with E-state index in [1.165, 1.54) is 24.3 Å². The molecule has 0 aromatic heterocycles. The highest BCUT2D eigenvalue weighted by Gasteiger charge is 2.60. The van der Waals surface area contributed by atoms with Crippen molar-refractivity contribution in [1.82, 2.24) is 5.32 Å². The van der Waals surface area contributed by atoms with Crippen LogP contribution in [0, 0.1) is 5.82 Å². The molecular weight excluding hydrogens is 357 g/mol. The van der Waals surface area contributed by atoms with E-state index in [1.54, 1.807) is 0 Å². The van der Waals surface area contributed by atoms with Crippen LogP contribution in [0.1, 0.15) is 38.1 Å². The van der Waals surface area contributed by atoms with Crippen LogP contribution in [0.15, 0.2) is 24.3 Å². The van der Waals surface area contributed by atoms with Gasteiger partial charge in [-0.25, -0.2) is 4.39 Å². The maximum atomic E-state index is 13.0. The molecule has 4 rings (SSSR count). The lowest BCUT2D eigenvalue weighted by Crippen LogP contribution is -2.57. The third-order valence-electron chi connectivity index (χ3n) is 4.82. The second kappa shape index (κ2) is 6.49. The maximum Gasteiger partial charge on any atom is 0.251 e. The number of hydrogen-bond donors (Lipinski definition) is 1.